The summed E-state index contributed by atoms with van der Waals surface area (Å²) in [4.78, 5) is 0. The molecule has 0 amide bonds. The third kappa shape index (κ3) is 4.66. The highest BCUT2D eigenvalue weighted by molar-refractivity contribution is 8.87. The lowest BCUT2D eigenvalue weighted by Gasteiger charge is -2.34. The molecule has 0 aliphatic heterocycles. The van der Waals surface area contributed by atoms with Crippen molar-refractivity contribution < 1.29 is 0 Å². The molecule has 0 spiro atoms. The highest BCUT2D eigenvalue weighted by Crippen LogP contribution is 3.09. The van der Waals surface area contributed by atoms with E-state index in [0.29, 0.717) is 0 Å². The van der Waals surface area contributed by atoms with Gasteiger partial charge in [0.25, 0.3) is 0 Å². The third-order valence-corrected chi connectivity index (χ3v) is 43.5. The van der Waals surface area contributed by atoms with E-state index in [9.17, 15) is 0 Å². The number of hydrogen-bond donors (Lipinski definition) is 0. The average molecular weight is 369 g/mol. The fourth-order valence-corrected chi connectivity index (χ4v) is 48.7. The molecule has 0 saturated carbocycles. The van der Waals surface area contributed by atoms with Gasteiger partial charge < -0.3 is 0 Å². The highest BCUT2D eigenvalue weighted by atomic mass is 35.7. The average Bonchev–Trinajstić information content (AvgIpc) is 2.42. The molecule has 0 aliphatic rings. The van der Waals surface area contributed by atoms with Gasteiger partial charge in [0.1, 0.15) is 27.2 Å². The maximum absolute atomic E-state index is 7.08. The second kappa shape index (κ2) is 9.34. The predicted molar refractivity (Wildman–Crippen MR) is 103 cm³/mol. The van der Waals surface area contributed by atoms with E-state index >= 15 is 0 Å². The molecule has 0 saturated heterocycles. The van der Waals surface area contributed by atoms with E-state index in [-0.39, 0.29) is 14.6 Å². The van der Waals surface area contributed by atoms with Crippen LogP contribution in [0.4, 0.5) is 0 Å². The van der Waals surface area contributed by atoms with Crippen LogP contribution in [0.2, 0.25) is 0 Å². The quantitative estimate of drug-likeness (QED) is 0.360. The molecule has 18 heavy (non-hydrogen) atoms. The van der Waals surface area contributed by atoms with Crippen LogP contribution in [-0.2, 0) is 0 Å². The molecule has 0 radical (unpaired) electrons. The topological polar surface area (TPSA) is 0 Å². The number of halogens is 2. The Morgan fingerprint density at radius 3 is 0.944 bits per heavy atom. The van der Waals surface area contributed by atoms with Gasteiger partial charge in [-0.1, -0.05) is 13.8 Å². The predicted octanol–water partition coefficient (Wildman–Crippen LogP) is 8.16. The molecule has 0 aromatic heterocycles. The van der Waals surface area contributed by atoms with E-state index in [4.69, 9.17) is 22.5 Å². The van der Waals surface area contributed by atoms with Gasteiger partial charge in [-0.05, 0) is 27.7 Å². The van der Waals surface area contributed by atoms with Crippen LogP contribution in [0.5, 0.6) is 0 Å². The summed E-state index contributed by atoms with van der Waals surface area (Å²) in [5.74, 6) is 0. The van der Waals surface area contributed by atoms with E-state index < -0.39 is 12.6 Å². The minimum atomic E-state index is -1.23. The number of rotatable bonds is 9. The Hall–Kier alpha value is 2.30. The lowest BCUT2D eigenvalue weighted by molar-refractivity contribution is 1.42. The maximum atomic E-state index is 7.08. The van der Waals surface area contributed by atoms with Crippen molar-refractivity contribution in [3.8, 4) is 0 Å². The molecule has 0 N–H and O–H groups in total. The SMILES string of the molecule is CCP(P(CC)[P+](Cl)(CC)CC)[P+](Cl)(CC)CC. The summed E-state index contributed by atoms with van der Waals surface area (Å²) in [7, 11) is -0.0170. The first-order chi connectivity index (χ1) is 8.38. The molecule has 2 atom stereocenters. The van der Waals surface area contributed by atoms with Crippen LogP contribution in [-0.4, -0.2) is 37.0 Å². The zero-order valence-corrected chi connectivity index (χ0v) is 17.9. The van der Waals surface area contributed by atoms with Crippen molar-refractivity contribution in [2.24, 2.45) is 0 Å². The van der Waals surface area contributed by atoms with Gasteiger partial charge in [-0.25, -0.2) is 0 Å². The summed E-state index contributed by atoms with van der Waals surface area (Å²) < 4.78 is 0. The van der Waals surface area contributed by atoms with Crippen molar-refractivity contribution >= 4 is 49.7 Å². The molecular weight excluding hydrogens is 339 g/mol. The van der Waals surface area contributed by atoms with Crippen LogP contribution in [0.15, 0.2) is 0 Å². The highest BCUT2D eigenvalue weighted by Gasteiger charge is 2.56. The fraction of sp³-hybridized carbons (Fsp3) is 1.00. The van der Waals surface area contributed by atoms with Crippen molar-refractivity contribution in [2.45, 2.75) is 41.5 Å². The molecule has 2 unspecified atom stereocenters. The van der Waals surface area contributed by atoms with Gasteiger partial charge in [-0.2, -0.15) is 0 Å². The monoisotopic (exact) mass is 368 g/mol. The molecule has 0 heterocycles. The molecule has 6 heteroatoms. The lowest BCUT2D eigenvalue weighted by atomic mass is 11.0. The number of hydrogen-bond acceptors (Lipinski definition) is 0. The van der Waals surface area contributed by atoms with Crippen LogP contribution in [0.3, 0.4) is 0 Å². The second-order valence-corrected chi connectivity index (χ2v) is 30.4. The van der Waals surface area contributed by atoms with E-state index in [1.165, 1.54) is 37.0 Å². The molecule has 0 aromatic rings. The van der Waals surface area contributed by atoms with E-state index in [1.54, 1.807) is 0 Å². The first kappa shape index (κ1) is 20.3. The van der Waals surface area contributed by atoms with Crippen LogP contribution >= 0.6 is 49.7 Å². The molecule has 0 nitrogen and oxygen atoms in total. The van der Waals surface area contributed by atoms with Crippen molar-refractivity contribution in [3.63, 3.8) is 0 Å². The van der Waals surface area contributed by atoms with Gasteiger partial charge in [0, 0.05) is 12.3 Å². The Balaban J connectivity index is 5.34. The summed E-state index contributed by atoms with van der Waals surface area (Å²) in [6, 6.07) is 0. The minimum absolute atomic E-state index is 0.00849. The van der Waals surface area contributed by atoms with Gasteiger partial charge in [0.05, 0.1) is 47.1 Å². The first-order valence-electron chi connectivity index (χ1n) is 7.08. The van der Waals surface area contributed by atoms with Crippen LogP contribution in [0, 0.1) is 0 Å². The summed E-state index contributed by atoms with van der Waals surface area (Å²) in [6.07, 6.45) is 4.94. The minimum Gasteiger partial charge on any atom is -0.0575 e. The Kier molecular flexibility index (Phi) is 10.5. The normalized spacial score (nSPS) is 16.7. The first-order valence-corrected chi connectivity index (χ1v) is 18.4. The Morgan fingerprint density at radius 2 is 0.833 bits per heavy atom. The van der Waals surface area contributed by atoms with Gasteiger partial charge in [0.15, 0.2) is 0 Å². The van der Waals surface area contributed by atoms with E-state index in [2.05, 4.69) is 41.5 Å². The van der Waals surface area contributed by atoms with Crippen LogP contribution in [0.25, 0.3) is 0 Å². The second-order valence-electron chi connectivity index (χ2n) is 4.28. The Labute approximate surface area is 128 Å². The van der Waals surface area contributed by atoms with E-state index in [0.717, 1.165) is 0 Å². The van der Waals surface area contributed by atoms with Crippen LogP contribution < -0.4 is 0 Å². The summed E-state index contributed by atoms with van der Waals surface area (Å²) in [6.45, 7) is 13.9. The van der Waals surface area contributed by atoms with E-state index in [1.807, 2.05) is 0 Å². The van der Waals surface area contributed by atoms with Crippen molar-refractivity contribution in [1.82, 2.24) is 0 Å². The Bertz CT molecular complexity index is 206. The molecule has 0 aliphatic carbocycles. The molecule has 110 valence electrons. The summed E-state index contributed by atoms with van der Waals surface area (Å²) in [5, 5.41) is 0. The lowest BCUT2D eigenvalue weighted by Crippen LogP contribution is -1.98. The largest absolute Gasteiger partial charge is 0.139 e. The summed E-state index contributed by atoms with van der Waals surface area (Å²) >= 11 is 14.2. The Morgan fingerprint density at radius 1 is 0.611 bits per heavy atom. The third-order valence-electron chi connectivity index (χ3n) is 3.60. The molecule has 0 bridgehead atoms. The van der Waals surface area contributed by atoms with Crippen molar-refractivity contribution in [1.29, 1.82) is 0 Å². The van der Waals surface area contributed by atoms with Gasteiger partial charge in [-0.3, -0.25) is 0 Å². The van der Waals surface area contributed by atoms with Gasteiger partial charge >= 0.3 is 0 Å². The summed E-state index contributed by atoms with van der Waals surface area (Å²) in [5.41, 5.74) is 0. The molecule has 0 fully saturated rings. The van der Waals surface area contributed by atoms with Gasteiger partial charge in [-0.15, -0.1) is 0 Å². The van der Waals surface area contributed by atoms with Crippen molar-refractivity contribution in [2.75, 3.05) is 37.0 Å². The smallest absolute Gasteiger partial charge is 0.0575 e. The van der Waals surface area contributed by atoms with Crippen LogP contribution in [0.1, 0.15) is 41.5 Å². The molecule has 0 aromatic carbocycles. The zero-order chi connectivity index (χ0) is 14.4. The maximum Gasteiger partial charge on any atom is 0.139 e. The fourth-order valence-electron chi connectivity index (χ4n) is 2.30. The molecular formula is C12H30Cl2P4+2. The van der Waals surface area contributed by atoms with Crippen molar-refractivity contribution in [3.05, 3.63) is 0 Å². The van der Waals surface area contributed by atoms with Gasteiger partial charge in [0.2, 0.25) is 0 Å². The standard InChI is InChI=1S/C12H30Cl2P4/c1-7-15(17(13,9-3)10-4)16(8-2)18(14,11-5)12-6/h7-12H2,1-6H3/q+2. The molecule has 0 rings (SSSR count). The zero-order valence-electron chi connectivity index (χ0n) is 12.8.